The van der Waals surface area contributed by atoms with Gasteiger partial charge in [-0.25, -0.2) is 4.90 Å². The van der Waals surface area contributed by atoms with Crippen LogP contribution in [0, 0.1) is 11.8 Å². The van der Waals surface area contributed by atoms with Crippen LogP contribution in [0.3, 0.4) is 0 Å². The number of rotatable bonds is 2. The van der Waals surface area contributed by atoms with Crippen LogP contribution in [0.4, 0.5) is 5.69 Å². The molecule has 2 amide bonds. The average molecular weight is 458 g/mol. The third-order valence-electron chi connectivity index (χ3n) is 6.73. The van der Waals surface area contributed by atoms with Crippen LogP contribution >= 0.6 is 11.6 Å². The molecular weight excluding hydrogens is 442 g/mol. The molecule has 1 aliphatic carbocycles. The number of amides is 2. The predicted molar refractivity (Wildman–Crippen MR) is 119 cm³/mol. The number of nitrogens with zero attached hydrogens (tertiary/aromatic N) is 1. The van der Waals surface area contributed by atoms with Gasteiger partial charge < -0.3 is 4.74 Å². The lowest BCUT2D eigenvalue weighted by atomic mass is 9.77. The molecule has 1 spiro atoms. The maximum atomic E-state index is 13.8. The lowest BCUT2D eigenvalue weighted by Crippen LogP contribution is -2.51. The van der Waals surface area contributed by atoms with Gasteiger partial charge in [0, 0.05) is 16.1 Å². The molecular formula is C26H16ClNO5. The zero-order valence-corrected chi connectivity index (χ0v) is 17.9. The summed E-state index contributed by atoms with van der Waals surface area (Å²) in [6, 6.07) is 21.6. The van der Waals surface area contributed by atoms with Crippen LogP contribution in [-0.2, 0) is 14.3 Å². The lowest BCUT2D eigenvalue weighted by Gasteiger charge is -2.27. The first kappa shape index (κ1) is 20.0. The van der Waals surface area contributed by atoms with Crippen molar-refractivity contribution in [3.8, 4) is 0 Å². The van der Waals surface area contributed by atoms with Gasteiger partial charge in [0.2, 0.25) is 29.0 Å². The molecule has 3 aromatic rings. The Morgan fingerprint density at radius 2 is 1.30 bits per heavy atom. The van der Waals surface area contributed by atoms with Gasteiger partial charge >= 0.3 is 0 Å². The molecule has 6 rings (SSSR count). The summed E-state index contributed by atoms with van der Waals surface area (Å²) in [5.41, 5.74) is -0.690. The number of imide groups is 1. The molecule has 3 atom stereocenters. The molecule has 3 aromatic carbocycles. The van der Waals surface area contributed by atoms with Crippen LogP contribution in [0.1, 0.15) is 32.4 Å². The number of benzene rings is 3. The first-order valence-electron chi connectivity index (χ1n) is 10.5. The molecule has 0 saturated carbocycles. The minimum Gasteiger partial charge on any atom is -0.349 e. The molecule has 0 unspecified atom stereocenters. The number of hydrogen-bond donors (Lipinski definition) is 0. The van der Waals surface area contributed by atoms with E-state index in [4.69, 9.17) is 16.3 Å². The standard InChI is InChI=1S/C26H16ClNO5/c27-15-10-12-16(13-11-15)28-24(31)19-20(25(28)32)26(33-21(19)14-6-2-1-3-7-14)22(29)17-8-4-5-9-18(17)23(26)30/h1-13,19-21H/t19-,20+,21-/m1/s1. The number of hydrogen-bond acceptors (Lipinski definition) is 5. The Hall–Kier alpha value is -3.61. The van der Waals surface area contributed by atoms with E-state index in [0.29, 0.717) is 16.3 Å². The summed E-state index contributed by atoms with van der Waals surface area (Å²) in [4.78, 5) is 55.8. The Morgan fingerprint density at radius 3 is 1.91 bits per heavy atom. The number of ether oxygens (including phenoxy) is 1. The number of Topliss-reactive ketones (excluding diaryl/α,β-unsaturated/α-hetero) is 2. The number of fused-ring (bicyclic) bond motifs is 3. The first-order chi connectivity index (χ1) is 15.9. The predicted octanol–water partition coefficient (Wildman–Crippen LogP) is 4.04. The summed E-state index contributed by atoms with van der Waals surface area (Å²) in [6.07, 6.45) is -0.924. The first-order valence-corrected chi connectivity index (χ1v) is 10.9. The number of halogens is 1. The number of anilines is 1. The van der Waals surface area contributed by atoms with Gasteiger partial charge in [-0.3, -0.25) is 19.2 Å². The highest BCUT2D eigenvalue weighted by Crippen LogP contribution is 2.57. The van der Waals surface area contributed by atoms with Gasteiger partial charge in [0.15, 0.2) is 0 Å². The van der Waals surface area contributed by atoms with Crippen LogP contribution in [0.25, 0.3) is 0 Å². The Kier molecular flexibility index (Phi) is 4.21. The monoisotopic (exact) mass is 457 g/mol. The molecule has 2 fully saturated rings. The van der Waals surface area contributed by atoms with E-state index in [9.17, 15) is 19.2 Å². The fraction of sp³-hybridized carbons (Fsp3) is 0.154. The van der Waals surface area contributed by atoms with Crippen molar-refractivity contribution in [3.63, 3.8) is 0 Å². The van der Waals surface area contributed by atoms with Gasteiger partial charge in [-0.05, 0) is 29.8 Å². The van der Waals surface area contributed by atoms with Gasteiger partial charge in [0.25, 0.3) is 0 Å². The quantitative estimate of drug-likeness (QED) is 0.428. The number of ketones is 2. The van der Waals surface area contributed by atoms with Gasteiger partial charge in [0.05, 0.1) is 23.6 Å². The minimum atomic E-state index is -2.07. The van der Waals surface area contributed by atoms with Gasteiger partial charge in [-0.2, -0.15) is 0 Å². The molecule has 0 aromatic heterocycles. The van der Waals surface area contributed by atoms with Crippen LogP contribution < -0.4 is 4.90 Å². The topological polar surface area (TPSA) is 80.8 Å². The SMILES string of the molecule is O=C1[C@H]2[C@@H](c3ccccc3)OC3(C(=O)c4ccccc4C3=O)[C@@H]2C(=O)N1c1ccc(Cl)cc1. The van der Waals surface area contributed by atoms with E-state index in [0.717, 1.165) is 4.90 Å². The molecule has 7 heteroatoms. The van der Waals surface area contributed by atoms with E-state index in [1.807, 2.05) is 6.07 Å². The second-order valence-electron chi connectivity index (χ2n) is 8.38. The van der Waals surface area contributed by atoms with Gasteiger partial charge in [0.1, 0.15) is 0 Å². The Balaban J connectivity index is 1.55. The third-order valence-corrected chi connectivity index (χ3v) is 6.98. The van der Waals surface area contributed by atoms with Crippen molar-refractivity contribution in [2.24, 2.45) is 11.8 Å². The smallest absolute Gasteiger partial charge is 0.241 e. The zero-order chi connectivity index (χ0) is 22.9. The van der Waals surface area contributed by atoms with Crippen molar-refractivity contribution in [3.05, 3.63) is 101 Å². The second-order valence-corrected chi connectivity index (χ2v) is 8.82. The molecule has 0 N–H and O–H groups in total. The molecule has 2 heterocycles. The van der Waals surface area contributed by atoms with Crippen LogP contribution in [0.15, 0.2) is 78.9 Å². The van der Waals surface area contributed by atoms with Crippen molar-refractivity contribution < 1.29 is 23.9 Å². The van der Waals surface area contributed by atoms with E-state index >= 15 is 0 Å². The fourth-order valence-corrected chi connectivity index (χ4v) is 5.43. The summed E-state index contributed by atoms with van der Waals surface area (Å²) < 4.78 is 6.23. The average Bonchev–Trinajstić information content (AvgIpc) is 3.41. The Morgan fingerprint density at radius 1 is 0.727 bits per heavy atom. The van der Waals surface area contributed by atoms with E-state index in [-0.39, 0.29) is 11.1 Å². The summed E-state index contributed by atoms with van der Waals surface area (Å²) in [5, 5.41) is 0.455. The molecule has 0 radical (unpaired) electrons. The van der Waals surface area contributed by atoms with Crippen molar-refractivity contribution in [1.82, 2.24) is 0 Å². The molecule has 6 nitrogen and oxygen atoms in total. The van der Waals surface area contributed by atoms with Gasteiger partial charge in [-0.15, -0.1) is 0 Å². The Labute approximate surface area is 193 Å². The molecule has 162 valence electrons. The van der Waals surface area contributed by atoms with E-state index in [1.165, 1.54) is 0 Å². The molecule has 0 bridgehead atoms. The third kappa shape index (κ3) is 2.53. The minimum absolute atomic E-state index is 0.208. The zero-order valence-electron chi connectivity index (χ0n) is 17.1. The largest absolute Gasteiger partial charge is 0.349 e. The normalized spacial score (nSPS) is 25.1. The summed E-state index contributed by atoms with van der Waals surface area (Å²) >= 11 is 5.98. The Bertz CT molecular complexity index is 1320. The van der Waals surface area contributed by atoms with E-state index in [1.54, 1.807) is 72.8 Å². The lowest BCUT2D eigenvalue weighted by molar-refractivity contribution is -0.127. The number of carbonyl (C=O) groups is 4. The summed E-state index contributed by atoms with van der Waals surface area (Å²) in [7, 11) is 0. The van der Waals surface area contributed by atoms with E-state index in [2.05, 4.69) is 0 Å². The highest BCUT2D eigenvalue weighted by atomic mass is 35.5. The van der Waals surface area contributed by atoms with E-state index < -0.39 is 46.9 Å². The maximum absolute atomic E-state index is 13.8. The van der Waals surface area contributed by atoms with Crippen LogP contribution in [-0.4, -0.2) is 29.0 Å². The van der Waals surface area contributed by atoms with Crippen LogP contribution in [0.2, 0.25) is 5.02 Å². The summed E-state index contributed by atoms with van der Waals surface area (Å²) in [5.74, 6) is -4.56. The van der Waals surface area contributed by atoms with Crippen molar-refractivity contribution >= 4 is 40.7 Å². The molecule has 2 saturated heterocycles. The fourth-order valence-electron chi connectivity index (χ4n) is 5.31. The molecule has 33 heavy (non-hydrogen) atoms. The maximum Gasteiger partial charge on any atom is 0.241 e. The highest BCUT2D eigenvalue weighted by molar-refractivity contribution is 6.37. The molecule has 3 aliphatic rings. The van der Waals surface area contributed by atoms with Crippen LogP contribution in [0.5, 0.6) is 0 Å². The second kappa shape index (κ2) is 6.94. The highest BCUT2D eigenvalue weighted by Gasteiger charge is 2.74. The van der Waals surface area contributed by atoms with Gasteiger partial charge in [-0.1, -0.05) is 66.2 Å². The summed E-state index contributed by atoms with van der Waals surface area (Å²) in [6.45, 7) is 0. The number of carbonyl (C=O) groups excluding carboxylic acids is 4. The van der Waals surface area contributed by atoms with Crippen molar-refractivity contribution in [1.29, 1.82) is 0 Å². The van der Waals surface area contributed by atoms with Crippen molar-refractivity contribution in [2.75, 3.05) is 4.90 Å². The van der Waals surface area contributed by atoms with Crippen molar-refractivity contribution in [2.45, 2.75) is 11.7 Å². The molecule has 2 aliphatic heterocycles.